The van der Waals surface area contributed by atoms with Crippen LogP contribution >= 0.6 is 0 Å². The van der Waals surface area contributed by atoms with Crippen LogP contribution in [0.4, 0.5) is 10.2 Å². The van der Waals surface area contributed by atoms with E-state index in [2.05, 4.69) is 27.5 Å². The van der Waals surface area contributed by atoms with Gasteiger partial charge in [0, 0.05) is 38.5 Å². The minimum Gasteiger partial charge on any atom is -0.457 e. The lowest BCUT2D eigenvalue weighted by Gasteiger charge is -2.16. The zero-order chi connectivity index (χ0) is 28.5. The van der Waals surface area contributed by atoms with Gasteiger partial charge in [-0.2, -0.15) is 0 Å². The Balaban J connectivity index is 0. The Bertz CT molecular complexity index is 1210. The number of rotatable bonds is 10. The zero-order valence-corrected chi connectivity index (χ0v) is 23.6. The molecular formula is C31H45FN4O2. The Morgan fingerprint density at radius 1 is 1.13 bits per heavy atom. The first-order valence-corrected chi connectivity index (χ1v) is 12.9. The van der Waals surface area contributed by atoms with Crippen LogP contribution in [0, 0.1) is 12.7 Å². The predicted molar refractivity (Wildman–Crippen MR) is 161 cm³/mol. The molecule has 0 aliphatic carbocycles. The average Bonchev–Trinajstić information content (AvgIpc) is 2.94. The molecule has 0 aliphatic heterocycles. The van der Waals surface area contributed by atoms with Gasteiger partial charge in [0.1, 0.15) is 29.2 Å². The highest BCUT2D eigenvalue weighted by Gasteiger charge is 2.14. The molecule has 0 radical (unpaired) electrons. The third-order valence-corrected chi connectivity index (χ3v) is 5.19. The molecule has 7 heteroatoms. The van der Waals surface area contributed by atoms with E-state index < -0.39 is 6.04 Å². The zero-order valence-electron chi connectivity index (χ0n) is 23.6. The molecule has 1 unspecified atom stereocenters. The largest absolute Gasteiger partial charge is 0.457 e. The number of hydrogen-bond donors (Lipinski definition) is 3. The number of halogens is 1. The maximum atomic E-state index is 13.4. The summed E-state index contributed by atoms with van der Waals surface area (Å²) in [5.74, 6) is 1.09. The van der Waals surface area contributed by atoms with Gasteiger partial charge in [0.15, 0.2) is 0 Å². The summed E-state index contributed by atoms with van der Waals surface area (Å²) in [6.45, 7) is 16.4. The highest BCUT2D eigenvalue weighted by Crippen LogP contribution is 2.30. The fourth-order valence-electron chi connectivity index (χ4n) is 3.38. The van der Waals surface area contributed by atoms with E-state index >= 15 is 0 Å². The first kappa shape index (κ1) is 32.1. The smallest absolute Gasteiger partial charge is 0.246 e. The molecule has 3 rings (SSSR count). The van der Waals surface area contributed by atoms with Crippen molar-refractivity contribution >= 4 is 17.4 Å². The number of benzene rings is 2. The summed E-state index contributed by atoms with van der Waals surface area (Å²) < 4.78 is 19.5. The van der Waals surface area contributed by atoms with Crippen LogP contribution in [0.15, 0.2) is 79.5 Å². The highest BCUT2D eigenvalue weighted by atomic mass is 19.1. The van der Waals surface area contributed by atoms with Crippen LogP contribution in [0.1, 0.15) is 54.2 Å². The number of allylic oxidation sites excluding steroid dienone is 1. The van der Waals surface area contributed by atoms with Crippen LogP contribution < -0.4 is 20.7 Å². The second-order valence-corrected chi connectivity index (χ2v) is 7.65. The van der Waals surface area contributed by atoms with Crippen molar-refractivity contribution in [3.8, 4) is 11.5 Å². The van der Waals surface area contributed by atoms with E-state index in [1.807, 2.05) is 71.9 Å². The quantitative estimate of drug-likeness (QED) is 0.237. The van der Waals surface area contributed by atoms with E-state index in [1.54, 1.807) is 37.5 Å². The number of aromatic nitrogens is 1. The van der Waals surface area contributed by atoms with Crippen molar-refractivity contribution in [2.45, 2.75) is 54.1 Å². The predicted octanol–water partition coefficient (Wildman–Crippen LogP) is 7.73. The Morgan fingerprint density at radius 3 is 2.50 bits per heavy atom. The van der Waals surface area contributed by atoms with E-state index in [1.165, 1.54) is 12.1 Å². The lowest BCUT2D eigenvalue weighted by atomic mass is 10.0. The number of carbonyl (C=O) groups excluding carboxylic acids is 1. The molecule has 3 aromatic rings. The Labute approximate surface area is 230 Å². The van der Waals surface area contributed by atoms with Crippen molar-refractivity contribution < 1.29 is 16.8 Å². The number of anilines is 1. The van der Waals surface area contributed by atoms with Gasteiger partial charge >= 0.3 is 0 Å². The number of amides is 1. The van der Waals surface area contributed by atoms with Crippen LogP contribution in [0.3, 0.4) is 0 Å². The van der Waals surface area contributed by atoms with Gasteiger partial charge in [-0.3, -0.25) is 4.79 Å². The van der Waals surface area contributed by atoms with Gasteiger partial charge in [-0.1, -0.05) is 70.7 Å². The number of nitrogens with zero attached hydrogens (tertiary/aromatic N) is 1. The normalized spacial score (nSPS) is 10.8. The van der Waals surface area contributed by atoms with Gasteiger partial charge in [0.05, 0.1) is 0 Å². The van der Waals surface area contributed by atoms with Crippen molar-refractivity contribution in [2.75, 3.05) is 12.4 Å². The van der Waals surface area contributed by atoms with E-state index in [0.29, 0.717) is 29.6 Å². The summed E-state index contributed by atoms with van der Waals surface area (Å²) in [4.78, 5) is 16.6. The van der Waals surface area contributed by atoms with Crippen molar-refractivity contribution in [1.29, 1.82) is 0 Å². The van der Waals surface area contributed by atoms with Gasteiger partial charge in [-0.15, -0.1) is 0 Å². The van der Waals surface area contributed by atoms with Gasteiger partial charge < -0.3 is 20.7 Å². The molecule has 0 saturated carbocycles. The van der Waals surface area contributed by atoms with Crippen molar-refractivity contribution in [3.05, 3.63) is 102 Å². The molecular weight excluding hydrogens is 479 g/mol. The molecule has 0 saturated heterocycles. The van der Waals surface area contributed by atoms with Crippen molar-refractivity contribution in [1.82, 2.24) is 15.6 Å². The van der Waals surface area contributed by atoms with Crippen molar-refractivity contribution in [3.63, 3.8) is 0 Å². The molecule has 3 N–H and O–H groups in total. The molecule has 1 amide bonds. The van der Waals surface area contributed by atoms with E-state index in [0.717, 1.165) is 16.7 Å². The number of carbonyl (C=O) groups is 1. The first-order chi connectivity index (χ1) is 18.4. The maximum Gasteiger partial charge on any atom is 0.246 e. The average molecular weight is 525 g/mol. The van der Waals surface area contributed by atoms with Gasteiger partial charge in [0.25, 0.3) is 0 Å². The lowest BCUT2D eigenvalue weighted by Crippen LogP contribution is -2.36. The Kier molecular flexibility index (Phi) is 14.7. The monoisotopic (exact) mass is 524 g/mol. The van der Waals surface area contributed by atoms with Gasteiger partial charge in [0.2, 0.25) is 5.91 Å². The fourth-order valence-corrected chi connectivity index (χ4v) is 3.38. The second kappa shape index (κ2) is 17.5. The van der Waals surface area contributed by atoms with E-state index in [4.69, 9.17) is 4.74 Å². The summed E-state index contributed by atoms with van der Waals surface area (Å²) in [7, 11) is 1.72. The molecule has 38 heavy (non-hydrogen) atoms. The fraction of sp³-hybridized carbons (Fsp3) is 0.290. The molecule has 0 bridgehead atoms. The maximum absolute atomic E-state index is 13.4. The molecule has 1 atom stereocenters. The SMILES string of the molecule is C=C(NCc1cccc(F)c1)c1cccc(Oc2ccnc(NC(=O)C(/C=C\C)NC)c2)c1C.CC.CC.[HH].[HH]. The van der Waals surface area contributed by atoms with Crippen molar-refractivity contribution in [2.24, 2.45) is 0 Å². The van der Waals surface area contributed by atoms with E-state index in [-0.39, 0.29) is 14.6 Å². The summed E-state index contributed by atoms with van der Waals surface area (Å²) in [5.41, 5.74) is 3.31. The standard InChI is InChI=1S/C27H29FN4O2.2C2H6.2H2/c1-5-8-24(29-4)27(33)32-26-16-22(13-14-30-26)34-25-12-7-11-23(18(25)2)19(3)31-17-20-9-6-10-21(28)15-20;2*1-2;;/h5-16,24,29,31H,3,17H2,1-2,4H3,(H,30,32,33);2*1-2H3;2*1H/b8-5-;;;;. The first-order valence-electron chi connectivity index (χ1n) is 12.9. The lowest BCUT2D eigenvalue weighted by molar-refractivity contribution is -0.117. The third-order valence-electron chi connectivity index (χ3n) is 5.19. The number of likely N-dealkylation sites (N-methyl/N-ethyl adjacent to an activating group) is 1. The molecule has 0 spiro atoms. The highest BCUT2D eigenvalue weighted by molar-refractivity contribution is 5.95. The summed E-state index contributed by atoms with van der Waals surface area (Å²) >= 11 is 0. The number of nitrogens with one attached hydrogen (secondary N) is 3. The molecule has 2 aromatic carbocycles. The molecule has 6 nitrogen and oxygen atoms in total. The molecule has 1 heterocycles. The Morgan fingerprint density at radius 2 is 1.84 bits per heavy atom. The number of hydrogen-bond acceptors (Lipinski definition) is 5. The summed E-state index contributed by atoms with van der Waals surface area (Å²) in [6.07, 6.45) is 5.15. The third kappa shape index (κ3) is 9.82. The summed E-state index contributed by atoms with van der Waals surface area (Å²) in [5, 5.41) is 8.97. The second-order valence-electron chi connectivity index (χ2n) is 7.65. The molecule has 0 fully saturated rings. The number of pyridine rings is 1. The minimum absolute atomic E-state index is 0. The molecule has 0 aliphatic rings. The molecule has 1 aromatic heterocycles. The van der Waals surface area contributed by atoms with E-state index in [9.17, 15) is 9.18 Å². The van der Waals surface area contributed by atoms with Gasteiger partial charge in [-0.05, 0) is 50.7 Å². The molecule has 208 valence electrons. The van der Waals surface area contributed by atoms with Crippen LogP contribution in [-0.2, 0) is 11.3 Å². The Hall–Kier alpha value is -3.97. The summed E-state index contributed by atoms with van der Waals surface area (Å²) in [6, 6.07) is 15.1. The van der Waals surface area contributed by atoms with Crippen LogP contribution in [0.2, 0.25) is 0 Å². The van der Waals surface area contributed by atoms with Crippen LogP contribution in [0.25, 0.3) is 5.70 Å². The number of ether oxygens (including phenoxy) is 1. The van der Waals surface area contributed by atoms with Crippen LogP contribution in [-0.4, -0.2) is 24.0 Å². The van der Waals surface area contributed by atoms with Crippen LogP contribution in [0.5, 0.6) is 11.5 Å². The van der Waals surface area contributed by atoms with Gasteiger partial charge in [-0.25, -0.2) is 9.37 Å². The minimum atomic E-state index is -0.457. The topological polar surface area (TPSA) is 75.3 Å².